The van der Waals surface area contributed by atoms with Gasteiger partial charge in [0, 0.05) is 5.56 Å². The molecule has 0 spiro atoms. The standard InChI is InChI=1S/C17H24N4O2/c1-9(2)11-6-12(22-5)15(10(3)4)13(7-11)23-14-8-20-17(19)21-16(14)18/h6-10H,1-5H3,(H4,18,19,20,21). The van der Waals surface area contributed by atoms with E-state index in [2.05, 4.69) is 43.7 Å². The summed E-state index contributed by atoms with van der Waals surface area (Å²) in [5.74, 6) is 2.77. The van der Waals surface area contributed by atoms with E-state index in [0.717, 1.165) is 16.9 Å². The molecule has 0 saturated carbocycles. The summed E-state index contributed by atoms with van der Waals surface area (Å²) in [6, 6.07) is 4.06. The van der Waals surface area contributed by atoms with E-state index in [9.17, 15) is 0 Å². The first-order chi connectivity index (χ1) is 10.8. The average molecular weight is 316 g/mol. The van der Waals surface area contributed by atoms with Crippen LogP contribution >= 0.6 is 0 Å². The minimum atomic E-state index is 0.118. The van der Waals surface area contributed by atoms with Crippen molar-refractivity contribution in [1.82, 2.24) is 9.97 Å². The van der Waals surface area contributed by atoms with E-state index in [1.807, 2.05) is 6.07 Å². The van der Waals surface area contributed by atoms with Crippen LogP contribution in [-0.4, -0.2) is 17.1 Å². The zero-order chi connectivity index (χ0) is 17.1. The molecule has 1 heterocycles. The normalized spacial score (nSPS) is 11.1. The number of nitrogen functional groups attached to an aromatic ring is 2. The summed E-state index contributed by atoms with van der Waals surface area (Å²) in [4.78, 5) is 7.87. The number of benzene rings is 1. The van der Waals surface area contributed by atoms with Gasteiger partial charge in [-0.1, -0.05) is 27.7 Å². The third kappa shape index (κ3) is 3.64. The number of ether oxygens (including phenoxy) is 2. The second-order valence-electron chi connectivity index (χ2n) is 6.02. The van der Waals surface area contributed by atoms with Crippen LogP contribution in [0.3, 0.4) is 0 Å². The Morgan fingerprint density at radius 1 is 0.957 bits per heavy atom. The minimum Gasteiger partial charge on any atom is -0.496 e. The van der Waals surface area contributed by atoms with Gasteiger partial charge in [-0.15, -0.1) is 0 Å². The summed E-state index contributed by atoms with van der Waals surface area (Å²) in [6.07, 6.45) is 1.48. The number of rotatable bonds is 5. The second-order valence-corrected chi connectivity index (χ2v) is 6.02. The van der Waals surface area contributed by atoms with Crippen LogP contribution in [0.25, 0.3) is 0 Å². The lowest BCUT2D eigenvalue weighted by molar-refractivity contribution is 0.397. The highest BCUT2D eigenvalue weighted by atomic mass is 16.5. The molecule has 4 N–H and O–H groups in total. The van der Waals surface area contributed by atoms with Gasteiger partial charge < -0.3 is 20.9 Å². The Morgan fingerprint density at radius 2 is 1.61 bits per heavy atom. The maximum absolute atomic E-state index is 6.00. The number of nitrogens with zero attached hydrogens (tertiary/aromatic N) is 2. The molecule has 0 fully saturated rings. The van der Waals surface area contributed by atoms with Crippen molar-refractivity contribution in [2.24, 2.45) is 0 Å². The van der Waals surface area contributed by atoms with Gasteiger partial charge in [0.15, 0.2) is 11.6 Å². The van der Waals surface area contributed by atoms with Gasteiger partial charge in [-0.25, -0.2) is 4.98 Å². The Kier molecular flexibility index (Phi) is 4.93. The molecule has 6 heteroatoms. The summed E-state index contributed by atoms with van der Waals surface area (Å²) >= 11 is 0. The van der Waals surface area contributed by atoms with Gasteiger partial charge in [0.2, 0.25) is 5.95 Å². The molecule has 0 saturated heterocycles. The minimum absolute atomic E-state index is 0.118. The fourth-order valence-electron chi connectivity index (χ4n) is 2.37. The highest BCUT2D eigenvalue weighted by molar-refractivity contribution is 5.55. The van der Waals surface area contributed by atoms with E-state index in [0.29, 0.717) is 17.4 Å². The molecule has 0 atom stereocenters. The molecule has 0 aliphatic heterocycles. The molecule has 0 bridgehead atoms. The Balaban J connectivity index is 2.56. The lowest BCUT2D eigenvalue weighted by Gasteiger charge is -2.20. The van der Waals surface area contributed by atoms with Crippen LogP contribution in [-0.2, 0) is 0 Å². The Bertz CT molecular complexity index is 699. The van der Waals surface area contributed by atoms with Crippen LogP contribution in [0.2, 0.25) is 0 Å². The highest BCUT2D eigenvalue weighted by Crippen LogP contribution is 2.40. The molecular formula is C17H24N4O2. The van der Waals surface area contributed by atoms with Crippen molar-refractivity contribution >= 4 is 11.8 Å². The lowest BCUT2D eigenvalue weighted by atomic mass is 9.95. The summed E-state index contributed by atoms with van der Waals surface area (Å²) in [6.45, 7) is 8.41. The molecule has 124 valence electrons. The molecule has 2 rings (SSSR count). The molecule has 0 aliphatic carbocycles. The van der Waals surface area contributed by atoms with Crippen molar-refractivity contribution in [3.8, 4) is 17.2 Å². The summed E-state index contributed by atoms with van der Waals surface area (Å²) in [7, 11) is 1.66. The number of nitrogens with two attached hydrogens (primary N) is 2. The van der Waals surface area contributed by atoms with E-state index in [4.69, 9.17) is 20.9 Å². The predicted molar refractivity (Wildman–Crippen MR) is 92.1 cm³/mol. The second kappa shape index (κ2) is 6.73. The average Bonchev–Trinajstić information content (AvgIpc) is 2.48. The van der Waals surface area contributed by atoms with Gasteiger partial charge in [-0.3, -0.25) is 0 Å². The number of aromatic nitrogens is 2. The van der Waals surface area contributed by atoms with Crippen LogP contribution in [0.4, 0.5) is 11.8 Å². The molecule has 6 nitrogen and oxygen atoms in total. The smallest absolute Gasteiger partial charge is 0.222 e. The Hall–Kier alpha value is -2.50. The van der Waals surface area contributed by atoms with E-state index in [-0.39, 0.29) is 17.7 Å². The topological polar surface area (TPSA) is 96.3 Å². The maximum Gasteiger partial charge on any atom is 0.222 e. The molecule has 23 heavy (non-hydrogen) atoms. The third-order valence-electron chi connectivity index (χ3n) is 3.61. The fraction of sp³-hybridized carbons (Fsp3) is 0.412. The molecular weight excluding hydrogens is 292 g/mol. The maximum atomic E-state index is 6.00. The first-order valence-electron chi connectivity index (χ1n) is 7.61. The van der Waals surface area contributed by atoms with Crippen LogP contribution in [0.1, 0.15) is 50.7 Å². The monoisotopic (exact) mass is 316 g/mol. The van der Waals surface area contributed by atoms with Crippen LogP contribution < -0.4 is 20.9 Å². The lowest BCUT2D eigenvalue weighted by Crippen LogP contribution is -2.04. The van der Waals surface area contributed by atoms with Crippen LogP contribution in [0.5, 0.6) is 17.2 Å². The first-order valence-corrected chi connectivity index (χ1v) is 7.61. The predicted octanol–water partition coefficient (Wildman–Crippen LogP) is 3.69. The van der Waals surface area contributed by atoms with Crippen molar-refractivity contribution in [2.45, 2.75) is 39.5 Å². The van der Waals surface area contributed by atoms with Gasteiger partial charge in [-0.2, -0.15) is 4.98 Å². The molecule has 1 aromatic heterocycles. The van der Waals surface area contributed by atoms with Crippen molar-refractivity contribution in [3.05, 3.63) is 29.5 Å². The van der Waals surface area contributed by atoms with Crippen molar-refractivity contribution in [3.63, 3.8) is 0 Å². The summed E-state index contributed by atoms with van der Waals surface area (Å²) in [5, 5.41) is 0. The third-order valence-corrected chi connectivity index (χ3v) is 3.61. The number of anilines is 2. The number of methoxy groups -OCH3 is 1. The van der Waals surface area contributed by atoms with Gasteiger partial charge in [-0.05, 0) is 29.5 Å². The molecule has 0 aliphatic rings. The Labute approximate surface area is 136 Å². The number of hydrogen-bond donors (Lipinski definition) is 2. The summed E-state index contributed by atoms with van der Waals surface area (Å²) < 4.78 is 11.6. The fourth-order valence-corrected chi connectivity index (χ4v) is 2.37. The summed E-state index contributed by atoms with van der Waals surface area (Å²) in [5.41, 5.74) is 13.5. The van der Waals surface area contributed by atoms with Crippen molar-refractivity contribution in [1.29, 1.82) is 0 Å². The first kappa shape index (κ1) is 16.9. The highest BCUT2D eigenvalue weighted by Gasteiger charge is 2.19. The number of hydrogen-bond acceptors (Lipinski definition) is 6. The molecule has 0 amide bonds. The molecule has 2 aromatic rings. The van der Waals surface area contributed by atoms with Crippen molar-refractivity contribution in [2.75, 3.05) is 18.6 Å². The van der Waals surface area contributed by atoms with E-state index < -0.39 is 0 Å². The van der Waals surface area contributed by atoms with Gasteiger partial charge >= 0.3 is 0 Å². The van der Waals surface area contributed by atoms with Gasteiger partial charge in [0.25, 0.3) is 0 Å². The van der Waals surface area contributed by atoms with Crippen LogP contribution in [0.15, 0.2) is 18.3 Å². The van der Waals surface area contributed by atoms with Crippen molar-refractivity contribution < 1.29 is 9.47 Å². The van der Waals surface area contributed by atoms with Gasteiger partial charge in [0.05, 0.1) is 13.3 Å². The van der Waals surface area contributed by atoms with E-state index in [1.54, 1.807) is 7.11 Å². The van der Waals surface area contributed by atoms with Crippen LogP contribution in [0, 0.1) is 0 Å². The largest absolute Gasteiger partial charge is 0.496 e. The zero-order valence-corrected chi connectivity index (χ0v) is 14.3. The zero-order valence-electron chi connectivity index (χ0n) is 14.3. The molecule has 1 aromatic carbocycles. The SMILES string of the molecule is COc1cc(C(C)C)cc(Oc2cnc(N)nc2N)c1C(C)C. The van der Waals surface area contributed by atoms with E-state index >= 15 is 0 Å². The Morgan fingerprint density at radius 3 is 2.13 bits per heavy atom. The van der Waals surface area contributed by atoms with E-state index in [1.165, 1.54) is 6.20 Å². The molecule has 0 radical (unpaired) electrons. The molecule has 0 unspecified atom stereocenters. The van der Waals surface area contributed by atoms with Gasteiger partial charge in [0.1, 0.15) is 11.5 Å². The quantitative estimate of drug-likeness (QED) is 0.873.